The molecule has 10 rings (SSSR count). The maximum absolute atomic E-state index is 6.68. The third kappa shape index (κ3) is 3.42. The van der Waals surface area contributed by atoms with Gasteiger partial charge in [0.15, 0.2) is 0 Å². The molecule has 0 aliphatic rings. The minimum atomic E-state index is 0.838. The Hall–Kier alpha value is -6.00. The minimum absolute atomic E-state index is 0.838. The number of aromatic nitrogens is 2. The summed E-state index contributed by atoms with van der Waals surface area (Å²) in [6.07, 6.45) is 1.90. The van der Waals surface area contributed by atoms with Crippen LogP contribution in [0.4, 0.5) is 0 Å². The van der Waals surface area contributed by atoms with Crippen LogP contribution in [0.2, 0.25) is 0 Å². The second-order valence-electron chi connectivity index (χ2n) is 11.8. The average Bonchev–Trinajstić information content (AvgIpc) is 3.68. The summed E-state index contributed by atoms with van der Waals surface area (Å²) < 4.78 is 13.0. The SMILES string of the molecule is Cc1c2oc3ccccc3c2cc2c1oc1c(-c3cccc(-c4cnc5c6ccccc6c6ccccc6c5n4)c3)cccc12. The van der Waals surface area contributed by atoms with Gasteiger partial charge in [0, 0.05) is 49.0 Å². The van der Waals surface area contributed by atoms with Gasteiger partial charge in [-0.15, -0.1) is 0 Å². The highest BCUT2D eigenvalue weighted by Crippen LogP contribution is 2.42. The highest BCUT2D eigenvalue weighted by Gasteiger charge is 2.19. The summed E-state index contributed by atoms with van der Waals surface area (Å²) in [5.41, 5.74) is 10.3. The van der Waals surface area contributed by atoms with Crippen LogP contribution in [-0.4, -0.2) is 9.97 Å². The fourth-order valence-electron chi connectivity index (χ4n) is 7.13. The number of aryl methyl sites for hydroxylation is 1. The Balaban J connectivity index is 1.16. The van der Waals surface area contributed by atoms with Gasteiger partial charge >= 0.3 is 0 Å². The predicted molar refractivity (Wildman–Crippen MR) is 185 cm³/mol. The van der Waals surface area contributed by atoms with Gasteiger partial charge in [-0.3, -0.25) is 4.98 Å². The fraction of sp³-hybridized carbons (Fsp3) is 0.0244. The van der Waals surface area contributed by atoms with Gasteiger partial charge in [0.05, 0.1) is 22.9 Å². The van der Waals surface area contributed by atoms with E-state index in [2.05, 4.69) is 116 Å². The molecule has 4 nitrogen and oxygen atoms in total. The number of hydrogen-bond donors (Lipinski definition) is 0. The zero-order valence-corrected chi connectivity index (χ0v) is 24.3. The van der Waals surface area contributed by atoms with Crippen molar-refractivity contribution in [2.75, 3.05) is 0 Å². The first kappa shape index (κ1) is 24.4. The van der Waals surface area contributed by atoms with E-state index in [1.165, 1.54) is 10.8 Å². The molecule has 210 valence electrons. The van der Waals surface area contributed by atoms with Crippen molar-refractivity contribution in [1.82, 2.24) is 9.97 Å². The van der Waals surface area contributed by atoms with Crippen molar-refractivity contribution in [3.8, 4) is 22.4 Å². The maximum atomic E-state index is 6.68. The van der Waals surface area contributed by atoms with E-state index in [4.69, 9.17) is 18.8 Å². The smallest absolute Gasteiger partial charge is 0.143 e. The quantitative estimate of drug-likeness (QED) is 0.192. The molecule has 0 unspecified atom stereocenters. The van der Waals surface area contributed by atoms with Gasteiger partial charge in [0.25, 0.3) is 0 Å². The van der Waals surface area contributed by atoms with Crippen LogP contribution in [-0.2, 0) is 0 Å². The van der Waals surface area contributed by atoms with E-state index in [0.717, 1.165) is 93.6 Å². The molecule has 0 saturated heterocycles. The molecule has 7 aromatic carbocycles. The maximum Gasteiger partial charge on any atom is 0.143 e. The molecule has 45 heavy (non-hydrogen) atoms. The first-order valence-corrected chi connectivity index (χ1v) is 15.2. The Morgan fingerprint density at radius 2 is 1.09 bits per heavy atom. The van der Waals surface area contributed by atoms with Crippen molar-refractivity contribution >= 4 is 76.5 Å². The minimum Gasteiger partial charge on any atom is -0.456 e. The van der Waals surface area contributed by atoms with E-state index >= 15 is 0 Å². The van der Waals surface area contributed by atoms with E-state index in [0.29, 0.717) is 0 Å². The van der Waals surface area contributed by atoms with Crippen LogP contribution < -0.4 is 0 Å². The zero-order valence-electron chi connectivity index (χ0n) is 24.3. The van der Waals surface area contributed by atoms with Gasteiger partial charge in [-0.1, -0.05) is 103 Å². The van der Waals surface area contributed by atoms with Crippen LogP contribution >= 0.6 is 0 Å². The lowest BCUT2D eigenvalue weighted by molar-refractivity contribution is 0.651. The largest absolute Gasteiger partial charge is 0.456 e. The van der Waals surface area contributed by atoms with Crippen molar-refractivity contribution in [3.05, 3.63) is 133 Å². The highest BCUT2D eigenvalue weighted by molar-refractivity contribution is 6.23. The number of nitrogens with zero attached hydrogens (tertiary/aromatic N) is 2. The Morgan fingerprint density at radius 1 is 0.467 bits per heavy atom. The van der Waals surface area contributed by atoms with Crippen molar-refractivity contribution < 1.29 is 8.83 Å². The molecule has 0 N–H and O–H groups in total. The topological polar surface area (TPSA) is 52.1 Å². The Kier molecular flexibility index (Phi) is 4.89. The molecule has 0 amide bonds. The van der Waals surface area contributed by atoms with E-state index in [1.54, 1.807) is 0 Å². The molecule has 0 atom stereocenters. The molecule has 0 spiro atoms. The highest BCUT2D eigenvalue weighted by atomic mass is 16.3. The molecule has 0 radical (unpaired) electrons. The van der Waals surface area contributed by atoms with Gasteiger partial charge in [-0.2, -0.15) is 0 Å². The number of benzene rings is 7. The zero-order chi connectivity index (χ0) is 29.6. The molecular weight excluding hydrogens is 552 g/mol. The Morgan fingerprint density at radius 3 is 1.91 bits per heavy atom. The fourth-order valence-corrected chi connectivity index (χ4v) is 7.13. The first-order valence-electron chi connectivity index (χ1n) is 15.2. The molecular formula is C41H24N2O2. The summed E-state index contributed by atoms with van der Waals surface area (Å²) in [5, 5.41) is 9.02. The summed E-state index contributed by atoms with van der Waals surface area (Å²) in [6, 6.07) is 42.2. The van der Waals surface area contributed by atoms with Crippen LogP contribution in [0.15, 0.2) is 136 Å². The molecule has 4 heteroatoms. The lowest BCUT2D eigenvalue weighted by atomic mass is 9.98. The van der Waals surface area contributed by atoms with Gasteiger partial charge in [-0.25, -0.2) is 4.98 Å². The van der Waals surface area contributed by atoms with Crippen molar-refractivity contribution in [2.24, 2.45) is 0 Å². The van der Waals surface area contributed by atoms with E-state index in [-0.39, 0.29) is 0 Å². The summed E-state index contributed by atoms with van der Waals surface area (Å²) in [6.45, 7) is 2.08. The first-order chi connectivity index (χ1) is 22.2. The third-order valence-electron chi connectivity index (χ3n) is 9.25. The number of furan rings is 2. The lowest BCUT2D eigenvalue weighted by Gasteiger charge is -2.11. The standard InChI is InChI=1S/C41H24N2O2/c1-23-39-33(29-14-6-7-19-36(29)44-39)21-34-32-18-9-17-26(41(32)45-40(23)34)24-10-8-11-25(20-24)35-22-42-37-30-15-4-2-12-27(30)28-13-3-5-16-31(28)38(37)43-35/h2-22H,1H3. The van der Waals surface area contributed by atoms with Crippen LogP contribution in [0.3, 0.4) is 0 Å². The van der Waals surface area contributed by atoms with Gasteiger partial charge < -0.3 is 8.83 Å². The summed E-state index contributed by atoms with van der Waals surface area (Å²) in [5.74, 6) is 0. The number of fused-ring (bicyclic) bond motifs is 12. The predicted octanol–water partition coefficient (Wildman–Crippen LogP) is 11.4. The summed E-state index contributed by atoms with van der Waals surface area (Å²) in [4.78, 5) is 10.2. The molecule has 0 saturated carbocycles. The molecule has 0 fully saturated rings. The van der Waals surface area contributed by atoms with Crippen molar-refractivity contribution in [3.63, 3.8) is 0 Å². The Labute approximate surface area is 257 Å². The van der Waals surface area contributed by atoms with Crippen LogP contribution in [0, 0.1) is 6.92 Å². The molecule has 3 heterocycles. The second-order valence-corrected chi connectivity index (χ2v) is 11.8. The average molecular weight is 577 g/mol. The Bertz CT molecular complexity index is 2800. The second kappa shape index (κ2) is 9.01. The molecule has 0 bridgehead atoms. The van der Waals surface area contributed by atoms with Crippen LogP contribution in [0.5, 0.6) is 0 Å². The van der Waals surface area contributed by atoms with Gasteiger partial charge in [0.2, 0.25) is 0 Å². The van der Waals surface area contributed by atoms with Crippen LogP contribution in [0.1, 0.15) is 5.56 Å². The molecule has 0 aliphatic heterocycles. The monoisotopic (exact) mass is 576 g/mol. The van der Waals surface area contributed by atoms with E-state index in [1.807, 2.05) is 18.3 Å². The van der Waals surface area contributed by atoms with Gasteiger partial charge in [-0.05, 0) is 41.5 Å². The number of hydrogen-bond acceptors (Lipinski definition) is 4. The van der Waals surface area contributed by atoms with Crippen molar-refractivity contribution in [2.45, 2.75) is 6.92 Å². The van der Waals surface area contributed by atoms with Crippen molar-refractivity contribution in [1.29, 1.82) is 0 Å². The molecule has 0 aliphatic carbocycles. The van der Waals surface area contributed by atoms with Crippen LogP contribution in [0.25, 0.3) is 98.8 Å². The lowest BCUT2D eigenvalue weighted by Crippen LogP contribution is -1.92. The van der Waals surface area contributed by atoms with E-state index in [9.17, 15) is 0 Å². The van der Waals surface area contributed by atoms with Gasteiger partial charge in [0.1, 0.15) is 22.3 Å². The molecule has 3 aromatic heterocycles. The normalized spacial score (nSPS) is 12.1. The number of rotatable bonds is 2. The summed E-state index contributed by atoms with van der Waals surface area (Å²) >= 11 is 0. The third-order valence-corrected chi connectivity index (χ3v) is 9.25. The molecule has 10 aromatic rings. The number of para-hydroxylation sites is 2. The van der Waals surface area contributed by atoms with E-state index < -0.39 is 0 Å². The summed E-state index contributed by atoms with van der Waals surface area (Å²) in [7, 11) is 0.